The summed E-state index contributed by atoms with van der Waals surface area (Å²) in [4.78, 5) is 43.9. The van der Waals surface area contributed by atoms with E-state index in [0.717, 1.165) is 22.5 Å². The highest BCUT2D eigenvalue weighted by Gasteiger charge is 2.21. The molecule has 5 rings (SSSR count). The number of hydrogen-bond donors (Lipinski definition) is 0. The van der Waals surface area contributed by atoms with Gasteiger partial charge in [0.15, 0.2) is 5.78 Å². The van der Waals surface area contributed by atoms with Gasteiger partial charge in [-0.2, -0.15) is 0 Å². The Kier molecular flexibility index (Phi) is 7.42. The van der Waals surface area contributed by atoms with Crippen molar-refractivity contribution in [2.45, 2.75) is 13.5 Å². The molecule has 2 heterocycles. The first-order chi connectivity index (χ1) is 18.5. The molecule has 0 aliphatic carbocycles. The Balaban J connectivity index is 1.27. The summed E-state index contributed by atoms with van der Waals surface area (Å²) in [5.74, 6) is -0.0606. The Morgan fingerprint density at radius 2 is 1.53 bits per heavy atom. The third kappa shape index (κ3) is 5.40. The van der Waals surface area contributed by atoms with Crippen molar-refractivity contribution in [1.29, 1.82) is 0 Å². The van der Waals surface area contributed by atoms with Crippen molar-refractivity contribution in [1.82, 2.24) is 9.55 Å². The van der Waals surface area contributed by atoms with Gasteiger partial charge in [-0.1, -0.05) is 72.8 Å². The molecule has 0 bridgehead atoms. The van der Waals surface area contributed by atoms with Gasteiger partial charge in [0.1, 0.15) is 28.7 Å². The molecule has 5 aromatic rings. The molecular formula is C30H24N2O5S. The Morgan fingerprint density at radius 3 is 2.24 bits per heavy atom. The monoisotopic (exact) mass is 524 g/mol. The third-order valence-corrected chi connectivity index (χ3v) is 7.24. The highest BCUT2D eigenvalue weighted by Crippen LogP contribution is 2.27. The van der Waals surface area contributed by atoms with E-state index < -0.39 is 5.97 Å². The fourth-order valence-electron chi connectivity index (χ4n) is 4.07. The number of rotatable bonds is 9. The molecule has 0 N–H and O–H groups in total. The third-order valence-electron chi connectivity index (χ3n) is 6.06. The maximum Gasteiger partial charge on any atom is 0.348 e. The Bertz CT molecular complexity index is 1640. The van der Waals surface area contributed by atoms with Crippen LogP contribution in [0, 0.1) is 6.92 Å². The topological polar surface area (TPSA) is 87.5 Å². The average molecular weight is 525 g/mol. The van der Waals surface area contributed by atoms with Crippen LogP contribution in [0.5, 0.6) is 5.75 Å². The fraction of sp³-hybridized carbons (Fsp3) is 0.133. The molecule has 0 aliphatic rings. The van der Waals surface area contributed by atoms with Gasteiger partial charge in [0, 0.05) is 5.56 Å². The quantitative estimate of drug-likeness (QED) is 0.143. The number of hydrogen-bond acceptors (Lipinski definition) is 7. The first-order valence-corrected chi connectivity index (χ1v) is 12.8. The number of fused-ring (bicyclic) bond motifs is 1. The fourth-order valence-corrected chi connectivity index (χ4v) is 5.10. The Hall–Kier alpha value is -4.56. The predicted octanol–water partition coefficient (Wildman–Crippen LogP) is 5.55. The van der Waals surface area contributed by atoms with Crippen LogP contribution in [0.1, 0.15) is 25.6 Å². The summed E-state index contributed by atoms with van der Waals surface area (Å²) < 4.78 is 12.2. The molecule has 0 amide bonds. The van der Waals surface area contributed by atoms with Gasteiger partial charge >= 0.3 is 5.97 Å². The molecule has 7 nitrogen and oxygen atoms in total. The molecule has 0 spiro atoms. The number of Topliss-reactive ketones (excluding diaryl/α,β-unsaturated/α-hetero) is 1. The molecule has 0 unspecified atom stereocenters. The smallest absolute Gasteiger partial charge is 0.348 e. The molecule has 0 aliphatic heterocycles. The van der Waals surface area contributed by atoms with Gasteiger partial charge < -0.3 is 9.47 Å². The molecule has 190 valence electrons. The van der Waals surface area contributed by atoms with E-state index in [0.29, 0.717) is 32.0 Å². The van der Waals surface area contributed by atoms with E-state index in [1.165, 1.54) is 10.9 Å². The molecule has 0 saturated carbocycles. The van der Waals surface area contributed by atoms with Crippen molar-refractivity contribution in [3.63, 3.8) is 0 Å². The molecule has 0 fully saturated rings. The number of thiophene rings is 1. The first-order valence-electron chi connectivity index (χ1n) is 12.0. The molecule has 2 aromatic heterocycles. The first kappa shape index (κ1) is 25.1. The number of esters is 1. The number of aryl methyl sites for hydroxylation is 1. The van der Waals surface area contributed by atoms with E-state index in [1.54, 1.807) is 19.1 Å². The molecular weight excluding hydrogens is 500 g/mol. The van der Waals surface area contributed by atoms with Crippen LogP contribution in [0.25, 0.3) is 21.3 Å². The number of ketones is 1. The summed E-state index contributed by atoms with van der Waals surface area (Å²) in [6.07, 6.45) is 1.35. The van der Waals surface area contributed by atoms with Crippen molar-refractivity contribution >= 4 is 33.3 Å². The van der Waals surface area contributed by atoms with Crippen LogP contribution in [-0.4, -0.2) is 34.5 Å². The van der Waals surface area contributed by atoms with Gasteiger partial charge in [-0.15, -0.1) is 11.3 Å². The maximum absolute atomic E-state index is 13.2. The van der Waals surface area contributed by atoms with E-state index in [9.17, 15) is 14.4 Å². The van der Waals surface area contributed by atoms with Gasteiger partial charge in [-0.3, -0.25) is 14.2 Å². The van der Waals surface area contributed by atoms with Gasteiger partial charge in [0.25, 0.3) is 5.56 Å². The van der Waals surface area contributed by atoms with Crippen LogP contribution in [0.4, 0.5) is 0 Å². The van der Waals surface area contributed by atoms with Crippen LogP contribution in [0.3, 0.4) is 0 Å². The van der Waals surface area contributed by atoms with Gasteiger partial charge in [0.05, 0.1) is 18.3 Å². The SMILES string of the molecule is Cc1c(C(=O)OCCOc2ccccc2)sc2ncn(CC(=O)c3ccc(-c4ccccc4)cc3)c(=O)c12. The molecule has 38 heavy (non-hydrogen) atoms. The molecule has 0 radical (unpaired) electrons. The van der Waals surface area contributed by atoms with Crippen LogP contribution in [0.2, 0.25) is 0 Å². The lowest BCUT2D eigenvalue weighted by Gasteiger charge is -2.07. The lowest BCUT2D eigenvalue weighted by Crippen LogP contribution is -2.24. The number of carbonyl (C=O) groups excluding carboxylic acids is 2. The van der Waals surface area contributed by atoms with Crippen molar-refractivity contribution in [2.75, 3.05) is 13.2 Å². The molecule has 0 atom stereocenters. The summed E-state index contributed by atoms with van der Waals surface area (Å²) in [7, 11) is 0. The Labute approximate surface area is 222 Å². The predicted molar refractivity (Wildman–Crippen MR) is 147 cm³/mol. The summed E-state index contributed by atoms with van der Waals surface area (Å²) >= 11 is 1.10. The van der Waals surface area contributed by atoms with E-state index in [2.05, 4.69) is 4.98 Å². The highest BCUT2D eigenvalue weighted by atomic mass is 32.1. The second-order valence-electron chi connectivity index (χ2n) is 8.58. The number of benzene rings is 3. The molecule has 3 aromatic carbocycles. The van der Waals surface area contributed by atoms with Crippen LogP contribution in [0.15, 0.2) is 96.1 Å². The summed E-state index contributed by atoms with van der Waals surface area (Å²) in [5, 5.41) is 0.317. The van der Waals surface area contributed by atoms with E-state index in [-0.39, 0.29) is 31.1 Å². The largest absolute Gasteiger partial charge is 0.490 e. The Morgan fingerprint density at radius 1 is 0.868 bits per heavy atom. The second kappa shape index (κ2) is 11.2. The minimum absolute atomic E-state index is 0.0661. The van der Waals surface area contributed by atoms with E-state index >= 15 is 0 Å². The molecule has 0 saturated heterocycles. The summed E-state index contributed by atoms with van der Waals surface area (Å²) in [6.45, 7) is 1.81. The number of para-hydroxylation sites is 1. The lowest BCUT2D eigenvalue weighted by atomic mass is 10.0. The summed E-state index contributed by atoms with van der Waals surface area (Å²) in [5.41, 5.74) is 2.68. The average Bonchev–Trinajstić information content (AvgIpc) is 3.30. The highest BCUT2D eigenvalue weighted by molar-refractivity contribution is 7.20. The maximum atomic E-state index is 13.2. The number of aromatic nitrogens is 2. The molecule has 8 heteroatoms. The van der Waals surface area contributed by atoms with Crippen LogP contribution >= 0.6 is 11.3 Å². The normalized spacial score (nSPS) is 10.9. The van der Waals surface area contributed by atoms with E-state index in [4.69, 9.17) is 9.47 Å². The zero-order chi connectivity index (χ0) is 26.5. The van der Waals surface area contributed by atoms with Crippen molar-refractivity contribution in [3.8, 4) is 16.9 Å². The summed E-state index contributed by atoms with van der Waals surface area (Å²) in [6, 6.07) is 26.4. The van der Waals surface area contributed by atoms with Gasteiger partial charge in [-0.05, 0) is 35.7 Å². The number of carbonyl (C=O) groups is 2. The van der Waals surface area contributed by atoms with Gasteiger partial charge in [0.2, 0.25) is 0 Å². The van der Waals surface area contributed by atoms with Crippen LogP contribution < -0.4 is 10.3 Å². The van der Waals surface area contributed by atoms with Gasteiger partial charge in [-0.25, -0.2) is 9.78 Å². The van der Waals surface area contributed by atoms with Crippen molar-refractivity contribution in [2.24, 2.45) is 0 Å². The van der Waals surface area contributed by atoms with Crippen LogP contribution in [-0.2, 0) is 11.3 Å². The number of ether oxygens (including phenoxy) is 2. The van der Waals surface area contributed by atoms with Crippen molar-refractivity contribution in [3.05, 3.63) is 118 Å². The standard InChI is InChI=1S/C30H24N2O5S/c1-20-26-28(38-27(20)30(35)37-17-16-36-24-10-6-3-7-11-24)31-19-32(29(26)34)18-25(33)23-14-12-22(13-15-23)21-8-4-2-5-9-21/h2-15,19H,16-18H2,1H3. The number of nitrogens with zero attached hydrogens (tertiary/aromatic N) is 2. The van der Waals surface area contributed by atoms with Crippen molar-refractivity contribution < 1.29 is 19.1 Å². The van der Waals surface area contributed by atoms with E-state index in [1.807, 2.05) is 72.8 Å². The zero-order valence-electron chi connectivity index (χ0n) is 20.6. The minimum atomic E-state index is -0.539. The zero-order valence-corrected chi connectivity index (χ0v) is 21.4. The lowest BCUT2D eigenvalue weighted by molar-refractivity contribution is 0.0455. The second-order valence-corrected chi connectivity index (χ2v) is 9.58. The minimum Gasteiger partial charge on any atom is -0.490 e.